The van der Waals surface area contributed by atoms with Gasteiger partial charge in [-0.05, 0) is 81.6 Å². The molecule has 0 aliphatic heterocycles. The molecule has 0 radical (unpaired) electrons. The van der Waals surface area contributed by atoms with Gasteiger partial charge in [-0.1, -0.05) is 12.8 Å². The molecular weight excluding hydrogens is 470 g/mol. The number of Topliss-reactive ketones (excluding diaryl/α,β-unsaturated/α-hetero) is 2. The van der Waals surface area contributed by atoms with E-state index < -0.39 is 6.04 Å². The number of methoxy groups -OCH3 is 1. The predicted molar refractivity (Wildman–Crippen MR) is 144 cm³/mol. The van der Waals surface area contributed by atoms with Crippen LogP contribution in [0.2, 0.25) is 0 Å². The third-order valence-electron chi connectivity index (χ3n) is 6.40. The summed E-state index contributed by atoms with van der Waals surface area (Å²) in [5.41, 5.74) is 3.75. The molecule has 0 bridgehead atoms. The van der Waals surface area contributed by atoms with Gasteiger partial charge in [-0.15, -0.1) is 0 Å². The van der Waals surface area contributed by atoms with Gasteiger partial charge in [-0.25, -0.2) is 0 Å². The summed E-state index contributed by atoms with van der Waals surface area (Å²) in [5.74, 6) is 0.198. The van der Waals surface area contributed by atoms with Crippen LogP contribution in [-0.2, 0) is 20.8 Å². The van der Waals surface area contributed by atoms with Gasteiger partial charge in [0.15, 0.2) is 5.78 Å². The number of nitrogens with one attached hydrogen (secondary N) is 3. The number of anilines is 1. The van der Waals surface area contributed by atoms with Gasteiger partial charge in [0.1, 0.15) is 17.6 Å². The minimum atomic E-state index is -0.739. The lowest BCUT2D eigenvalue weighted by Gasteiger charge is -2.19. The van der Waals surface area contributed by atoms with Crippen LogP contribution in [0.15, 0.2) is 42.5 Å². The van der Waals surface area contributed by atoms with Crippen molar-refractivity contribution in [3.05, 3.63) is 59.3 Å². The fraction of sp³-hybridized carbons (Fsp3) is 0.379. The van der Waals surface area contributed by atoms with Crippen molar-refractivity contribution < 1.29 is 23.9 Å². The van der Waals surface area contributed by atoms with Crippen LogP contribution >= 0.6 is 0 Å². The summed E-state index contributed by atoms with van der Waals surface area (Å²) in [7, 11) is 1.60. The molecule has 1 heterocycles. The lowest BCUT2D eigenvalue weighted by atomic mass is 10.0. The number of H-pyrrole nitrogens is 1. The van der Waals surface area contributed by atoms with E-state index in [0.29, 0.717) is 36.3 Å². The van der Waals surface area contributed by atoms with Crippen molar-refractivity contribution in [2.75, 3.05) is 12.4 Å². The Labute approximate surface area is 217 Å². The van der Waals surface area contributed by atoms with Gasteiger partial charge in [0.05, 0.1) is 13.5 Å². The fourth-order valence-corrected chi connectivity index (χ4v) is 4.31. The molecule has 0 aliphatic carbocycles. The summed E-state index contributed by atoms with van der Waals surface area (Å²) in [6.07, 6.45) is 3.30. The molecule has 196 valence electrons. The van der Waals surface area contributed by atoms with E-state index in [-0.39, 0.29) is 29.8 Å². The molecule has 2 aromatic carbocycles. The third kappa shape index (κ3) is 7.77. The monoisotopic (exact) mass is 505 g/mol. The van der Waals surface area contributed by atoms with E-state index in [1.54, 1.807) is 38.3 Å². The minimum Gasteiger partial charge on any atom is -0.497 e. The number of hydrogen-bond donors (Lipinski definition) is 3. The van der Waals surface area contributed by atoms with E-state index in [1.165, 1.54) is 6.92 Å². The van der Waals surface area contributed by atoms with E-state index in [4.69, 9.17) is 4.74 Å². The fourth-order valence-electron chi connectivity index (χ4n) is 4.31. The molecule has 0 spiro atoms. The molecule has 0 fully saturated rings. The van der Waals surface area contributed by atoms with Crippen LogP contribution in [0, 0.1) is 6.92 Å². The SMILES string of the molecule is COc1ccc2[nH]c(C)c(CC(=O)N[C@@H](CCCCCC(C)=O)C(=O)Nc3ccc(C(C)=O)cc3)c2c1. The van der Waals surface area contributed by atoms with Gasteiger partial charge >= 0.3 is 0 Å². The summed E-state index contributed by atoms with van der Waals surface area (Å²) in [5, 5.41) is 6.66. The second kappa shape index (κ2) is 12.9. The Hall–Kier alpha value is -3.94. The minimum absolute atomic E-state index is 0.0567. The average Bonchev–Trinajstić information content (AvgIpc) is 3.17. The zero-order chi connectivity index (χ0) is 26.9. The molecule has 1 aromatic heterocycles. The van der Waals surface area contributed by atoms with E-state index in [9.17, 15) is 19.2 Å². The van der Waals surface area contributed by atoms with Crippen molar-refractivity contribution in [3.8, 4) is 5.75 Å². The molecule has 8 heteroatoms. The highest BCUT2D eigenvalue weighted by Crippen LogP contribution is 2.27. The largest absolute Gasteiger partial charge is 0.497 e. The number of aromatic amines is 1. The van der Waals surface area contributed by atoms with E-state index in [0.717, 1.165) is 35.0 Å². The molecule has 37 heavy (non-hydrogen) atoms. The number of ether oxygens (including phenoxy) is 1. The Bertz CT molecular complexity index is 1280. The molecular formula is C29H35N3O5. The molecule has 0 saturated heterocycles. The molecule has 3 aromatic rings. The van der Waals surface area contributed by atoms with Crippen molar-refractivity contribution in [2.24, 2.45) is 0 Å². The number of carbonyl (C=O) groups excluding carboxylic acids is 4. The van der Waals surface area contributed by atoms with Crippen molar-refractivity contribution in [1.82, 2.24) is 10.3 Å². The van der Waals surface area contributed by atoms with Gasteiger partial charge in [0, 0.05) is 34.3 Å². The van der Waals surface area contributed by atoms with Crippen molar-refractivity contribution in [2.45, 2.75) is 65.3 Å². The lowest BCUT2D eigenvalue weighted by molar-refractivity contribution is -0.126. The first-order valence-electron chi connectivity index (χ1n) is 12.5. The Balaban J connectivity index is 1.71. The van der Waals surface area contributed by atoms with E-state index in [1.807, 2.05) is 25.1 Å². The van der Waals surface area contributed by atoms with Crippen LogP contribution < -0.4 is 15.4 Å². The smallest absolute Gasteiger partial charge is 0.246 e. The number of unbranched alkanes of at least 4 members (excludes halogenated alkanes) is 2. The molecule has 3 N–H and O–H groups in total. The molecule has 0 saturated carbocycles. The van der Waals surface area contributed by atoms with Crippen LogP contribution in [0.1, 0.15) is 67.6 Å². The van der Waals surface area contributed by atoms with E-state index >= 15 is 0 Å². The van der Waals surface area contributed by atoms with Crippen molar-refractivity contribution >= 4 is 40.0 Å². The summed E-state index contributed by atoms with van der Waals surface area (Å²) >= 11 is 0. The molecule has 8 nitrogen and oxygen atoms in total. The molecule has 0 aliphatic rings. The van der Waals surface area contributed by atoms with E-state index in [2.05, 4.69) is 15.6 Å². The number of amides is 2. The number of ketones is 2. The zero-order valence-electron chi connectivity index (χ0n) is 21.9. The number of fused-ring (bicyclic) bond motifs is 1. The number of benzene rings is 2. The molecule has 3 rings (SSSR count). The molecule has 2 amide bonds. The Morgan fingerprint density at radius 2 is 1.70 bits per heavy atom. The maximum absolute atomic E-state index is 13.1. The first kappa shape index (κ1) is 27.6. The highest BCUT2D eigenvalue weighted by molar-refractivity contribution is 5.99. The van der Waals surface area contributed by atoms with Gasteiger partial charge < -0.3 is 25.1 Å². The Morgan fingerprint density at radius 3 is 2.35 bits per heavy atom. The van der Waals surface area contributed by atoms with Crippen molar-refractivity contribution in [3.63, 3.8) is 0 Å². The van der Waals surface area contributed by atoms with Gasteiger partial charge in [-0.3, -0.25) is 14.4 Å². The number of rotatable bonds is 13. The normalized spacial score (nSPS) is 11.7. The zero-order valence-corrected chi connectivity index (χ0v) is 21.9. The Kier molecular flexibility index (Phi) is 9.60. The molecule has 0 unspecified atom stereocenters. The van der Waals surface area contributed by atoms with Gasteiger partial charge in [-0.2, -0.15) is 0 Å². The second-order valence-corrected chi connectivity index (χ2v) is 9.36. The number of carbonyl (C=O) groups is 4. The van der Waals surface area contributed by atoms with Gasteiger partial charge in [0.2, 0.25) is 11.8 Å². The lowest BCUT2D eigenvalue weighted by Crippen LogP contribution is -2.44. The number of aryl methyl sites for hydroxylation is 1. The summed E-state index contributed by atoms with van der Waals surface area (Å²) in [4.78, 5) is 52.3. The number of aromatic nitrogens is 1. The first-order valence-corrected chi connectivity index (χ1v) is 12.5. The van der Waals surface area contributed by atoms with Crippen LogP contribution in [0.25, 0.3) is 10.9 Å². The summed E-state index contributed by atoms with van der Waals surface area (Å²) in [6.45, 7) is 4.96. The number of hydrogen-bond acceptors (Lipinski definition) is 5. The first-order chi connectivity index (χ1) is 17.7. The maximum Gasteiger partial charge on any atom is 0.246 e. The quantitative estimate of drug-likeness (QED) is 0.226. The van der Waals surface area contributed by atoms with Crippen LogP contribution in [0.4, 0.5) is 5.69 Å². The standard InChI is InChI=1S/C29H35N3O5/c1-18(33)8-6-5-7-9-27(29(36)31-22-12-10-21(11-13-22)20(3)34)32-28(35)17-24-19(2)30-26-15-14-23(37-4)16-25(24)26/h10-16,27,30H,5-9,17H2,1-4H3,(H,31,36)(H,32,35)/t27-/m0/s1. The average molecular weight is 506 g/mol. The van der Waals surface area contributed by atoms with Crippen LogP contribution in [0.3, 0.4) is 0 Å². The maximum atomic E-state index is 13.1. The summed E-state index contributed by atoms with van der Waals surface area (Å²) in [6, 6.07) is 11.6. The highest BCUT2D eigenvalue weighted by atomic mass is 16.5. The van der Waals surface area contributed by atoms with Gasteiger partial charge in [0.25, 0.3) is 0 Å². The van der Waals surface area contributed by atoms with Crippen LogP contribution in [-0.4, -0.2) is 41.5 Å². The Morgan fingerprint density at radius 1 is 0.973 bits per heavy atom. The topological polar surface area (TPSA) is 117 Å². The second-order valence-electron chi connectivity index (χ2n) is 9.36. The highest BCUT2D eigenvalue weighted by Gasteiger charge is 2.22. The van der Waals surface area contributed by atoms with Crippen molar-refractivity contribution in [1.29, 1.82) is 0 Å². The predicted octanol–water partition coefficient (Wildman–Crippen LogP) is 4.89. The molecule has 1 atom stereocenters. The third-order valence-corrected chi connectivity index (χ3v) is 6.40. The van der Waals surface area contributed by atoms with Crippen LogP contribution in [0.5, 0.6) is 5.75 Å². The summed E-state index contributed by atoms with van der Waals surface area (Å²) < 4.78 is 5.34.